The highest BCUT2D eigenvalue weighted by Gasteiger charge is 1.96. The van der Waals surface area contributed by atoms with E-state index in [0.29, 0.717) is 5.82 Å². The molecule has 3 nitrogen and oxygen atoms in total. The molecule has 0 aliphatic rings. The fourth-order valence-electron chi connectivity index (χ4n) is 0.785. The largest absolute Gasteiger partial charge is 0.383 e. The molecular formula is C6H10BN3. The van der Waals surface area contributed by atoms with Gasteiger partial charge in [0.2, 0.25) is 0 Å². The molecule has 1 aromatic rings. The molecule has 0 saturated heterocycles. The number of anilines is 1. The summed E-state index contributed by atoms with van der Waals surface area (Å²) in [6.07, 6.45) is 2.67. The average molecular weight is 135 g/mol. The molecule has 1 aromatic heterocycles. The Bertz CT molecular complexity index is 236. The lowest BCUT2D eigenvalue weighted by molar-refractivity contribution is 1.03. The van der Waals surface area contributed by atoms with E-state index in [4.69, 9.17) is 5.73 Å². The van der Waals surface area contributed by atoms with Gasteiger partial charge in [0.25, 0.3) is 0 Å². The van der Waals surface area contributed by atoms with Gasteiger partial charge in [-0.05, 0) is 6.92 Å². The Morgan fingerprint density at radius 2 is 2.40 bits per heavy atom. The van der Waals surface area contributed by atoms with Crippen molar-refractivity contribution in [3.8, 4) is 0 Å². The summed E-state index contributed by atoms with van der Waals surface area (Å²) in [5.74, 6) is 1.34. The van der Waals surface area contributed by atoms with Crippen molar-refractivity contribution in [3.63, 3.8) is 0 Å². The number of hydrogen-bond acceptors (Lipinski definition) is 3. The van der Waals surface area contributed by atoms with Crippen LogP contribution in [0.3, 0.4) is 0 Å². The highest BCUT2D eigenvalue weighted by Crippen LogP contribution is 2.05. The number of aromatic nitrogens is 2. The molecule has 0 spiro atoms. The third-order valence-electron chi connectivity index (χ3n) is 1.40. The predicted octanol–water partition coefficient (Wildman–Crippen LogP) is -0.500. The smallest absolute Gasteiger partial charge is 0.129 e. The quantitative estimate of drug-likeness (QED) is 0.528. The van der Waals surface area contributed by atoms with Crippen LogP contribution in [0.15, 0.2) is 6.20 Å². The molecule has 1 heterocycles. The van der Waals surface area contributed by atoms with Crippen molar-refractivity contribution in [2.45, 2.75) is 13.2 Å². The molecule has 0 atom stereocenters. The monoisotopic (exact) mass is 135 g/mol. The number of nitrogens with two attached hydrogens (primary N) is 1. The van der Waals surface area contributed by atoms with Crippen LogP contribution in [0.25, 0.3) is 0 Å². The van der Waals surface area contributed by atoms with E-state index in [0.717, 1.165) is 17.7 Å². The summed E-state index contributed by atoms with van der Waals surface area (Å²) >= 11 is 0. The summed E-state index contributed by atoms with van der Waals surface area (Å²) in [5.41, 5.74) is 6.60. The Kier molecular flexibility index (Phi) is 1.90. The van der Waals surface area contributed by atoms with Crippen LogP contribution in [-0.4, -0.2) is 17.8 Å². The van der Waals surface area contributed by atoms with Gasteiger partial charge >= 0.3 is 0 Å². The molecule has 10 heavy (non-hydrogen) atoms. The van der Waals surface area contributed by atoms with Crippen LogP contribution in [0, 0.1) is 6.92 Å². The van der Waals surface area contributed by atoms with Gasteiger partial charge in [0.1, 0.15) is 19.5 Å². The Hall–Kier alpha value is -1.06. The van der Waals surface area contributed by atoms with E-state index in [-0.39, 0.29) is 0 Å². The zero-order valence-electron chi connectivity index (χ0n) is 6.26. The van der Waals surface area contributed by atoms with Crippen LogP contribution in [-0.2, 0) is 6.32 Å². The fraction of sp³-hybridized carbons (Fsp3) is 0.333. The maximum Gasteiger partial charge on any atom is 0.129 e. The van der Waals surface area contributed by atoms with Gasteiger partial charge in [0.05, 0.1) is 0 Å². The van der Waals surface area contributed by atoms with Crippen molar-refractivity contribution in [1.29, 1.82) is 0 Å². The van der Waals surface area contributed by atoms with E-state index in [2.05, 4.69) is 9.97 Å². The topological polar surface area (TPSA) is 51.8 Å². The second-order valence-corrected chi connectivity index (χ2v) is 2.18. The molecular weight excluding hydrogens is 125 g/mol. The molecule has 0 fully saturated rings. The van der Waals surface area contributed by atoms with Gasteiger partial charge in [0.15, 0.2) is 0 Å². The molecule has 0 bridgehead atoms. The van der Waals surface area contributed by atoms with Crippen LogP contribution in [0.1, 0.15) is 11.4 Å². The number of hydrogen-bond donors (Lipinski definition) is 1. The molecule has 0 aromatic carbocycles. The summed E-state index contributed by atoms with van der Waals surface area (Å²) in [6, 6.07) is 0. The zero-order valence-corrected chi connectivity index (χ0v) is 6.26. The first-order valence-corrected chi connectivity index (χ1v) is 3.32. The van der Waals surface area contributed by atoms with Gasteiger partial charge in [-0.1, -0.05) is 6.32 Å². The van der Waals surface area contributed by atoms with Crippen LogP contribution in [0.5, 0.6) is 0 Å². The Morgan fingerprint density at radius 1 is 1.70 bits per heavy atom. The fourth-order valence-corrected chi connectivity index (χ4v) is 0.785. The van der Waals surface area contributed by atoms with E-state index in [1.165, 1.54) is 0 Å². The van der Waals surface area contributed by atoms with E-state index < -0.39 is 0 Å². The van der Waals surface area contributed by atoms with E-state index in [1.807, 2.05) is 14.8 Å². The lowest BCUT2D eigenvalue weighted by Gasteiger charge is -1.99. The molecule has 4 heteroatoms. The molecule has 0 unspecified atom stereocenters. The summed E-state index contributed by atoms with van der Waals surface area (Å²) in [7, 11) is 2.03. The van der Waals surface area contributed by atoms with Crippen LogP contribution in [0.4, 0.5) is 5.82 Å². The number of nitrogens with zero attached hydrogens (tertiary/aromatic N) is 2. The van der Waals surface area contributed by atoms with Gasteiger partial charge < -0.3 is 5.73 Å². The maximum absolute atomic E-state index is 5.58. The van der Waals surface area contributed by atoms with Gasteiger partial charge in [-0.15, -0.1) is 0 Å². The lowest BCUT2D eigenvalue weighted by Crippen LogP contribution is -2.00. The molecule has 0 aliphatic heterocycles. The molecule has 0 amide bonds. The third-order valence-corrected chi connectivity index (χ3v) is 1.40. The Morgan fingerprint density at radius 3 is 2.90 bits per heavy atom. The van der Waals surface area contributed by atoms with E-state index >= 15 is 0 Å². The Labute approximate surface area is 61.1 Å². The summed E-state index contributed by atoms with van der Waals surface area (Å²) in [4.78, 5) is 8.03. The highest BCUT2D eigenvalue weighted by molar-refractivity contribution is 6.08. The summed E-state index contributed by atoms with van der Waals surface area (Å²) < 4.78 is 0. The standard InChI is InChI=1S/C6H10BN3/c1-4-9-3-5(2-7)6(8)10-4/h3H,2,7H2,1H3,(H2,8,9,10). The highest BCUT2D eigenvalue weighted by atomic mass is 14.9. The SMILES string of the molecule is BCc1cnc(C)nc1N. The molecule has 52 valence electrons. The minimum atomic E-state index is 0.606. The van der Waals surface area contributed by atoms with Crippen molar-refractivity contribution in [1.82, 2.24) is 9.97 Å². The summed E-state index contributed by atoms with van der Waals surface area (Å²) in [5, 5.41) is 0. The van der Waals surface area contributed by atoms with Gasteiger partial charge in [0, 0.05) is 11.8 Å². The van der Waals surface area contributed by atoms with Crippen LogP contribution in [0.2, 0.25) is 0 Å². The normalized spacial score (nSPS) is 9.70. The molecule has 1 rings (SSSR count). The van der Waals surface area contributed by atoms with Crippen molar-refractivity contribution in [2.24, 2.45) is 0 Å². The maximum atomic E-state index is 5.58. The van der Waals surface area contributed by atoms with Crippen molar-refractivity contribution in [2.75, 3.05) is 5.73 Å². The predicted molar refractivity (Wildman–Crippen MR) is 43.4 cm³/mol. The second kappa shape index (κ2) is 2.69. The minimum Gasteiger partial charge on any atom is -0.383 e. The Balaban J connectivity index is 3.07. The lowest BCUT2D eigenvalue weighted by atomic mass is 9.99. The van der Waals surface area contributed by atoms with Gasteiger partial charge in [-0.3, -0.25) is 0 Å². The second-order valence-electron chi connectivity index (χ2n) is 2.18. The zero-order chi connectivity index (χ0) is 7.56. The van der Waals surface area contributed by atoms with Gasteiger partial charge in [-0.25, -0.2) is 9.97 Å². The number of rotatable bonds is 1. The number of nitrogen functional groups attached to an aromatic ring is 1. The first-order chi connectivity index (χ1) is 4.74. The third kappa shape index (κ3) is 1.26. The first-order valence-electron chi connectivity index (χ1n) is 3.32. The van der Waals surface area contributed by atoms with Crippen LogP contribution < -0.4 is 5.73 Å². The minimum absolute atomic E-state index is 0.606. The molecule has 0 aliphatic carbocycles. The van der Waals surface area contributed by atoms with E-state index in [1.54, 1.807) is 6.20 Å². The van der Waals surface area contributed by atoms with Gasteiger partial charge in [-0.2, -0.15) is 0 Å². The average Bonchev–Trinajstić information content (AvgIpc) is 1.88. The number of aryl methyl sites for hydroxylation is 1. The van der Waals surface area contributed by atoms with Crippen molar-refractivity contribution in [3.05, 3.63) is 17.6 Å². The summed E-state index contributed by atoms with van der Waals surface area (Å²) in [6.45, 7) is 1.83. The molecule has 0 saturated carbocycles. The van der Waals surface area contributed by atoms with Crippen LogP contribution >= 0.6 is 0 Å². The van der Waals surface area contributed by atoms with E-state index in [9.17, 15) is 0 Å². The molecule has 0 radical (unpaired) electrons. The van der Waals surface area contributed by atoms with Crippen molar-refractivity contribution >= 4 is 13.7 Å². The van der Waals surface area contributed by atoms with Crippen molar-refractivity contribution < 1.29 is 0 Å². The molecule has 2 N–H and O–H groups in total. The first kappa shape index (κ1) is 7.06.